The fourth-order valence-corrected chi connectivity index (χ4v) is 3.39. The molecule has 0 unspecified atom stereocenters. The highest BCUT2D eigenvalue weighted by atomic mass is 16.5. The highest BCUT2D eigenvalue weighted by Gasteiger charge is 2.23. The van der Waals surface area contributed by atoms with Crippen molar-refractivity contribution in [2.24, 2.45) is 0 Å². The van der Waals surface area contributed by atoms with E-state index in [1.165, 1.54) is 5.57 Å². The molecule has 1 aliphatic rings. The van der Waals surface area contributed by atoms with Crippen LogP contribution >= 0.6 is 0 Å². The minimum absolute atomic E-state index is 0.653. The smallest absolute Gasteiger partial charge is 0.298 e. The molecule has 0 radical (unpaired) electrons. The van der Waals surface area contributed by atoms with Gasteiger partial charge in [0.25, 0.3) is 6.01 Å². The van der Waals surface area contributed by atoms with Gasteiger partial charge >= 0.3 is 0 Å². The average Bonchev–Trinajstić information content (AvgIpc) is 3.17. The Morgan fingerprint density at radius 3 is 2.33 bits per heavy atom. The van der Waals surface area contributed by atoms with E-state index in [1.807, 2.05) is 36.4 Å². The number of para-hydroxylation sites is 2. The molecule has 0 N–H and O–H groups in total. The Bertz CT molecular complexity index is 935. The lowest BCUT2D eigenvalue weighted by Gasteiger charge is -2.26. The predicted molar refractivity (Wildman–Crippen MR) is 105 cm³/mol. The van der Waals surface area contributed by atoms with Crippen molar-refractivity contribution in [3.8, 4) is 17.2 Å². The Labute approximate surface area is 158 Å². The van der Waals surface area contributed by atoms with Crippen molar-refractivity contribution in [1.82, 2.24) is 4.98 Å². The number of aromatic nitrogens is 1. The topological polar surface area (TPSA) is 57.0 Å². The van der Waals surface area contributed by atoms with Gasteiger partial charge in [-0.1, -0.05) is 18.2 Å². The molecule has 6 heteroatoms. The van der Waals surface area contributed by atoms with Crippen LogP contribution in [-0.4, -0.2) is 39.4 Å². The molecule has 0 saturated carbocycles. The molecule has 1 aliphatic heterocycles. The maximum Gasteiger partial charge on any atom is 0.298 e. The van der Waals surface area contributed by atoms with Gasteiger partial charge in [0.15, 0.2) is 5.58 Å². The monoisotopic (exact) mass is 366 g/mol. The first-order valence-corrected chi connectivity index (χ1v) is 8.83. The van der Waals surface area contributed by atoms with E-state index in [9.17, 15) is 0 Å². The summed E-state index contributed by atoms with van der Waals surface area (Å²) in [5.74, 6) is 2.19. The predicted octanol–water partition coefficient (Wildman–Crippen LogP) is 4.15. The Balaban J connectivity index is 1.64. The lowest BCUT2D eigenvalue weighted by molar-refractivity contribution is 0.373. The van der Waals surface area contributed by atoms with Crippen molar-refractivity contribution in [3.63, 3.8) is 0 Å². The van der Waals surface area contributed by atoms with Crippen molar-refractivity contribution in [2.75, 3.05) is 39.3 Å². The van der Waals surface area contributed by atoms with E-state index in [1.54, 1.807) is 21.3 Å². The van der Waals surface area contributed by atoms with E-state index in [0.717, 1.165) is 41.1 Å². The fraction of sp³-hybridized carbons (Fsp3) is 0.286. The second-order valence-corrected chi connectivity index (χ2v) is 6.30. The lowest BCUT2D eigenvalue weighted by atomic mass is 9.97. The van der Waals surface area contributed by atoms with Gasteiger partial charge in [-0.05, 0) is 24.1 Å². The van der Waals surface area contributed by atoms with Gasteiger partial charge in [0.1, 0.15) is 22.8 Å². The molecule has 0 fully saturated rings. The van der Waals surface area contributed by atoms with Gasteiger partial charge < -0.3 is 23.5 Å². The summed E-state index contributed by atoms with van der Waals surface area (Å²) in [6.45, 7) is 1.51. The minimum atomic E-state index is 0.653. The number of ether oxygens (including phenoxy) is 3. The molecule has 0 spiro atoms. The molecule has 0 atom stereocenters. The first-order valence-electron chi connectivity index (χ1n) is 8.83. The quantitative estimate of drug-likeness (QED) is 0.676. The Morgan fingerprint density at radius 1 is 1.00 bits per heavy atom. The summed E-state index contributed by atoms with van der Waals surface area (Å²) >= 11 is 0. The van der Waals surface area contributed by atoms with Crippen molar-refractivity contribution < 1.29 is 18.6 Å². The number of methoxy groups -OCH3 is 3. The normalized spacial score (nSPS) is 14.2. The largest absolute Gasteiger partial charge is 0.496 e. The maximum absolute atomic E-state index is 5.89. The van der Waals surface area contributed by atoms with Gasteiger partial charge in [-0.15, -0.1) is 0 Å². The van der Waals surface area contributed by atoms with E-state index >= 15 is 0 Å². The average molecular weight is 366 g/mol. The van der Waals surface area contributed by atoms with Gasteiger partial charge in [0, 0.05) is 25.2 Å². The zero-order chi connectivity index (χ0) is 18.8. The summed E-state index contributed by atoms with van der Waals surface area (Å²) < 4.78 is 22.4. The third-order valence-corrected chi connectivity index (χ3v) is 4.80. The Hall–Kier alpha value is -3.15. The Kier molecular flexibility index (Phi) is 4.62. The first kappa shape index (κ1) is 17.3. The fourth-order valence-electron chi connectivity index (χ4n) is 3.39. The van der Waals surface area contributed by atoms with Gasteiger partial charge in [-0.3, -0.25) is 0 Å². The summed E-state index contributed by atoms with van der Waals surface area (Å²) in [6.07, 6.45) is 3.00. The van der Waals surface area contributed by atoms with Crippen LogP contribution in [0.4, 0.5) is 6.01 Å². The second kappa shape index (κ2) is 7.23. The standard InChI is InChI=1S/C21H22N2O4/c1-24-15-12-18(25-2)20(19(13-15)26-3)14-8-10-23(11-9-14)21-22-16-6-4-5-7-17(16)27-21/h4-8,12-13H,9-11H2,1-3H3. The van der Waals surface area contributed by atoms with Crippen LogP contribution in [0.1, 0.15) is 12.0 Å². The summed E-state index contributed by atoms with van der Waals surface area (Å²) in [6, 6.07) is 12.2. The molecule has 140 valence electrons. The van der Waals surface area contributed by atoms with Gasteiger partial charge in [0.2, 0.25) is 0 Å². The molecular weight excluding hydrogens is 344 g/mol. The van der Waals surface area contributed by atoms with Gasteiger partial charge in [-0.2, -0.15) is 4.98 Å². The third kappa shape index (κ3) is 3.18. The maximum atomic E-state index is 5.89. The number of benzene rings is 2. The summed E-state index contributed by atoms with van der Waals surface area (Å²) in [7, 11) is 4.95. The summed E-state index contributed by atoms with van der Waals surface area (Å²) in [5.41, 5.74) is 3.83. The molecule has 0 amide bonds. The molecule has 0 saturated heterocycles. The number of hydrogen-bond donors (Lipinski definition) is 0. The van der Waals surface area contributed by atoms with Crippen molar-refractivity contribution in [3.05, 3.63) is 48.0 Å². The number of oxazole rings is 1. The van der Waals surface area contributed by atoms with E-state index in [-0.39, 0.29) is 0 Å². The van der Waals surface area contributed by atoms with Crippen LogP contribution in [0.25, 0.3) is 16.7 Å². The second-order valence-electron chi connectivity index (χ2n) is 6.30. The van der Waals surface area contributed by atoms with Crippen LogP contribution in [0, 0.1) is 0 Å². The van der Waals surface area contributed by atoms with E-state index in [0.29, 0.717) is 18.3 Å². The van der Waals surface area contributed by atoms with Crippen molar-refractivity contribution in [2.45, 2.75) is 6.42 Å². The highest BCUT2D eigenvalue weighted by Crippen LogP contribution is 2.41. The van der Waals surface area contributed by atoms with E-state index in [2.05, 4.69) is 16.0 Å². The molecule has 2 heterocycles. The minimum Gasteiger partial charge on any atom is -0.496 e. The number of rotatable bonds is 5. The number of fused-ring (bicyclic) bond motifs is 1. The van der Waals surface area contributed by atoms with Gasteiger partial charge in [0.05, 0.1) is 26.9 Å². The number of nitrogens with zero attached hydrogens (tertiary/aromatic N) is 2. The van der Waals surface area contributed by atoms with Gasteiger partial charge in [-0.25, -0.2) is 0 Å². The lowest BCUT2D eigenvalue weighted by Crippen LogP contribution is -2.28. The van der Waals surface area contributed by atoms with E-state index in [4.69, 9.17) is 18.6 Å². The van der Waals surface area contributed by atoms with Crippen molar-refractivity contribution >= 4 is 22.7 Å². The highest BCUT2D eigenvalue weighted by molar-refractivity contribution is 5.79. The van der Waals surface area contributed by atoms with Crippen LogP contribution < -0.4 is 19.1 Å². The summed E-state index contributed by atoms with van der Waals surface area (Å²) in [4.78, 5) is 6.72. The molecule has 6 nitrogen and oxygen atoms in total. The van der Waals surface area contributed by atoms with E-state index < -0.39 is 0 Å². The molecule has 3 aromatic rings. The van der Waals surface area contributed by atoms with Crippen molar-refractivity contribution in [1.29, 1.82) is 0 Å². The van der Waals surface area contributed by atoms with Crippen LogP contribution in [-0.2, 0) is 0 Å². The SMILES string of the molecule is COc1cc(OC)c(C2=CCN(c3nc4ccccc4o3)CC2)c(OC)c1. The molecule has 2 aromatic carbocycles. The van der Waals surface area contributed by atoms with Crippen LogP contribution in [0.5, 0.6) is 17.2 Å². The summed E-state index contributed by atoms with van der Waals surface area (Å²) in [5, 5.41) is 0. The van der Waals surface area contributed by atoms with Crippen LogP contribution in [0.15, 0.2) is 46.9 Å². The zero-order valence-corrected chi connectivity index (χ0v) is 15.7. The van der Waals surface area contributed by atoms with Crippen LogP contribution in [0.3, 0.4) is 0 Å². The molecule has 0 aliphatic carbocycles. The molecule has 0 bridgehead atoms. The molecular formula is C21H22N2O4. The number of anilines is 1. The molecule has 4 rings (SSSR count). The Morgan fingerprint density at radius 2 is 1.74 bits per heavy atom. The van der Waals surface area contributed by atoms with Crippen LogP contribution in [0.2, 0.25) is 0 Å². The molecule has 1 aromatic heterocycles. The third-order valence-electron chi connectivity index (χ3n) is 4.80. The number of hydrogen-bond acceptors (Lipinski definition) is 6. The first-order chi connectivity index (χ1) is 13.2. The zero-order valence-electron chi connectivity index (χ0n) is 15.7. The molecule has 27 heavy (non-hydrogen) atoms.